The number of imide groups is 1. The van der Waals surface area contributed by atoms with Gasteiger partial charge in [-0.2, -0.15) is 0 Å². The van der Waals surface area contributed by atoms with E-state index in [1.54, 1.807) is 0 Å². The van der Waals surface area contributed by atoms with E-state index < -0.39 is 17.4 Å². The minimum Gasteiger partial charge on any atom is -0.320 e. The van der Waals surface area contributed by atoms with Gasteiger partial charge in [0.05, 0.1) is 12.2 Å². The Hall–Kier alpha value is -2.99. The van der Waals surface area contributed by atoms with Gasteiger partial charge in [-0.15, -0.1) is 0 Å². The molecule has 2 aromatic carbocycles. The van der Waals surface area contributed by atoms with Crippen LogP contribution in [0.2, 0.25) is 0 Å². The molecular weight excluding hydrogens is 378 g/mol. The molecule has 3 fully saturated rings. The molecule has 0 aromatic heterocycles. The first-order chi connectivity index (χ1) is 14.6. The summed E-state index contributed by atoms with van der Waals surface area (Å²) in [7, 11) is 0. The number of nitrogens with one attached hydrogen (secondary N) is 2. The van der Waals surface area contributed by atoms with Crippen molar-refractivity contribution in [2.45, 2.75) is 30.8 Å². The molecule has 3 saturated heterocycles. The van der Waals surface area contributed by atoms with Crippen molar-refractivity contribution in [1.29, 1.82) is 0 Å². The molecule has 30 heavy (non-hydrogen) atoms. The highest BCUT2D eigenvalue weighted by Gasteiger charge is 2.78. The molecule has 1 spiro atoms. The van der Waals surface area contributed by atoms with Crippen LogP contribution in [0.4, 0.5) is 5.69 Å². The molecular formula is C24H24N3O3+. The summed E-state index contributed by atoms with van der Waals surface area (Å²) in [5.74, 6) is -1.38. The number of benzene rings is 2. The molecule has 1 unspecified atom stereocenters. The normalized spacial score (nSPS) is 33.7. The third-order valence-corrected chi connectivity index (χ3v) is 7.68. The van der Waals surface area contributed by atoms with E-state index in [9.17, 15) is 14.4 Å². The quantitative estimate of drug-likeness (QED) is 0.744. The second-order valence-corrected chi connectivity index (χ2v) is 8.90. The van der Waals surface area contributed by atoms with Crippen LogP contribution in [0.3, 0.4) is 0 Å². The number of hydrogen-bond donors (Lipinski definition) is 2. The van der Waals surface area contributed by atoms with Gasteiger partial charge in [0.2, 0.25) is 17.4 Å². The number of carbonyl (C=O) groups is 3. The van der Waals surface area contributed by atoms with Gasteiger partial charge in [-0.05, 0) is 18.1 Å². The predicted molar refractivity (Wildman–Crippen MR) is 109 cm³/mol. The lowest BCUT2D eigenvalue weighted by Gasteiger charge is -2.33. The molecule has 152 valence electrons. The number of quaternary nitrogens is 1. The molecule has 0 radical (unpaired) electrons. The zero-order valence-electron chi connectivity index (χ0n) is 16.6. The van der Waals surface area contributed by atoms with Crippen LogP contribution >= 0.6 is 0 Å². The Balaban J connectivity index is 1.42. The van der Waals surface area contributed by atoms with E-state index in [0.29, 0.717) is 13.0 Å². The number of likely N-dealkylation sites (tertiary alicyclic amines) is 1. The number of nitrogens with zero attached hydrogens (tertiary/aromatic N) is 1. The standard InChI is InChI=1S/C24H23N3O3/c28-21-19-18-11-6-13-27(18)24(16-9-4-5-10-17(16)25-23(24)30)20(19)22(29)26(21)14-12-15-7-2-1-3-8-15/h1-5,7-10,18-20H,6,11-14H2,(H,25,30)/p+1/t18-,19-,20+,24-/m1/s1. The van der Waals surface area contributed by atoms with Crippen molar-refractivity contribution in [1.82, 2.24) is 4.90 Å². The zero-order valence-corrected chi connectivity index (χ0v) is 16.6. The second-order valence-electron chi connectivity index (χ2n) is 8.90. The maximum Gasteiger partial charge on any atom is 0.291 e. The van der Waals surface area contributed by atoms with E-state index in [1.807, 2.05) is 54.6 Å². The summed E-state index contributed by atoms with van der Waals surface area (Å²) in [6.45, 7) is 1.19. The van der Waals surface area contributed by atoms with Gasteiger partial charge < -0.3 is 10.2 Å². The van der Waals surface area contributed by atoms with Crippen molar-refractivity contribution < 1.29 is 19.3 Å². The summed E-state index contributed by atoms with van der Waals surface area (Å²) < 4.78 is 0. The van der Waals surface area contributed by atoms with Gasteiger partial charge in [0, 0.05) is 24.9 Å². The molecule has 3 amide bonds. The Bertz CT molecular complexity index is 1070. The van der Waals surface area contributed by atoms with Crippen LogP contribution in [0, 0.1) is 11.8 Å². The van der Waals surface area contributed by atoms with Gasteiger partial charge in [0.15, 0.2) is 0 Å². The van der Waals surface area contributed by atoms with Crippen LogP contribution in [0.25, 0.3) is 0 Å². The molecule has 4 aliphatic heterocycles. The summed E-state index contributed by atoms with van der Waals surface area (Å²) in [4.78, 5) is 43.2. The van der Waals surface area contributed by atoms with Crippen LogP contribution in [-0.4, -0.2) is 41.8 Å². The number of fused-ring (bicyclic) bond motifs is 7. The van der Waals surface area contributed by atoms with Crippen LogP contribution in [0.15, 0.2) is 54.6 Å². The van der Waals surface area contributed by atoms with E-state index in [2.05, 4.69) is 5.32 Å². The average Bonchev–Trinajstić information content (AvgIpc) is 3.46. The summed E-state index contributed by atoms with van der Waals surface area (Å²) >= 11 is 0. The molecule has 0 aliphatic carbocycles. The molecule has 0 saturated carbocycles. The first-order valence-corrected chi connectivity index (χ1v) is 10.8. The van der Waals surface area contributed by atoms with E-state index in [0.717, 1.165) is 41.1 Å². The van der Waals surface area contributed by atoms with Gasteiger partial charge in [-0.3, -0.25) is 19.3 Å². The molecule has 0 bridgehead atoms. The number of rotatable bonds is 3. The Labute approximate surface area is 174 Å². The van der Waals surface area contributed by atoms with Crippen LogP contribution in [0.5, 0.6) is 0 Å². The van der Waals surface area contributed by atoms with Gasteiger partial charge >= 0.3 is 0 Å². The molecule has 6 heteroatoms. The number of amides is 3. The summed E-state index contributed by atoms with van der Waals surface area (Å²) in [6, 6.07) is 17.6. The van der Waals surface area contributed by atoms with E-state index in [1.165, 1.54) is 4.90 Å². The summed E-state index contributed by atoms with van der Waals surface area (Å²) in [6.07, 6.45) is 2.50. The maximum absolute atomic E-state index is 13.7. The lowest BCUT2D eigenvalue weighted by Crippen LogP contribution is -3.19. The van der Waals surface area contributed by atoms with Crippen molar-refractivity contribution in [3.05, 3.63) is 65.7 Å². The fourth-order valence-corrected chi connectivity index (χ4v) is 6.58. The van der Waals surface area contributed by atoms with Crippen molar-refractivity contribution >= 4 is 23.4 Å². The first kappa shape index (κ1) is 17.8. The largest absolute Gasteiger partial charge is 0.320 e. The van der Waals surface area contributed by atoms with Crippen molar-refractivity contribution in [2.75, 3.05) is 18.4 Å². The Morgan fingerprint density at radius 2 is 1.77 bits per heavy atom. The minimum absolute atomic E-state index is 0.0325. The fourth-order valence-electron chi connectivity index (χ4n) is 6.58. The molecule has 4 heterocycles. The lowest BCUT2D eigenvalue weighted by molar-refractivity contribution is -0.948. The van der Waals surface area contributed by atoms with Crippen molar-refractivity contribution in [3.8, 4) is 0 Å². The van der Waals surface area contributed by atoms with Crippen molar-refractivity contribution in [2.24, 2.45) is 11.8 Å². The van der Waals surface area contributed by atoms with Crippen molar-refractivity contribution in [3.63, 3.8) is 0 Å². The maximum atomic E-state index is 13.7. The zero-order chi connectivity index (χ0) is 20.5. The minimum atomic E-state index is -0.976. The first-order valence-electron chi connectivity index (χ1n) is 10.8. The monoisotopic (exact) mass is 402 g/mol. The number of anilines is 1. The molecule has 5 atom stereocenters. The highest BCUT2D eigenvalue weighted by atomic mass is 16.2. The highest BCUT2D eigenvalue weighted by molar-refractivity contribution is 6.14. The van der Waals surface area contributed by atoms with E-state index in [4.69, 9.17) is 0 Å². The van der Waals surface area contributed by atoms with E-state index >= 15 is 0 Å². The third kappa shape index (κ3) is 2.09. The molecule has 6 nitrogen and oxygen atoms in total. The van der Waals surface area contributed by atoms with Gasteiger partial charge in [0.25, 0.3) is 5.91 Å². The average molecular weight is 402 g/mol. The van der Waals surface area contributed by atoms with Crippen LogP contribution < -0.4 is 10.2 Å². The smallest absolute Gasteiger partial charge is 0.291 e. The van der Waals surface area contributed by atoms with Gasteiger partial charge in [-0.25, -0.2) is 0 Å². The molecule has 2 aromatic rings. The Kier molecular flexibility index (Phi) is 3.72. The van der Waals surface area contributed by atoms with Crippen LogP contribution in [0.1, 0.15) is 24.0 Å². The Morgan fingerprint density at radius 3 is 2.60 bits per heavy atom. The predicted octanol–water partition coefficient (Wildman–Crippen LogP) is 0.739. The summed E-state index contributed by atoms with van der Waals surface area (Å²) in [5.41, 5.74) is 1.79. The number of carbonyl (C=O) groups excluding carboxylic acids is 3. The summed E-state index contributed by atoms with van der Waals surface area (Å²) in [5, 5.41) is 3.02. The molecule has 4 aliphatic rings. The molecule has 6 rings (SSSR count). The SMILES string of the molecule is O=C1[C@@H]2[C@H]3CCC[NH+]3[C@@]3(C(=O)Nc4ccccc43)[C@@H]2C(=O)N1CCc1ccccc1. The van der Waals surface area contributed by atoms with Gasteiger partial charge in [0.1, 0.15) is 17.9 Å². The van der Waals surface area contributed by atoms with Crippen LogP contribution in [-0.2, 0) is 26.3 Å². The molecule has 2 N–H and O–H groups in total. The second kappa shape index (κ2) is 6.25. The third-order valence-electron chi connectivity index (χ3n) is 7.68. The topological polar surface area (TPSA) is 70.9 Å². The number of para-hydroxylation sites is 1. The Morgan fingerprint density at radius 1 is 1.00 bits per heavy atom. The van der Waals surface area contributed by atoms with Gasteiger partial charge in [-0.1, -0.05) is 48.5 Å². The number of hydrogen-bond acceptors (Lipinski definition) is 3. The lowest BCUT2D eigenvalue weighted by atomic mass is 9.75. The van der Waals surface area contributed by atoms with E-state index in [-0.39, 0.29) is 23.8 Å². The highest BCUT2D eigenvalue weighted by Crippen LogP contribution is 2.51. The fraction of sp³-hybridized carbons (Fsp3) is 0.375.